The minimum Gasteiger partial charge on any atom is -0.397 e. The molecule has 0 aliphatic heterocycles. The molecule has 0 spiro atoms. The number of nitrogens with zero attached hydrogens (tertiary/aromatic N) is 2. The van der Waals surface area contributed by atoms with Crippen LogP contribution in [0.3, 0.4) is 0 Å². The smallest absolute Gasteiger partial charge is 0.178 e. The van der Waals surface area contributed by atoms with E-state index in [2.05, 4.69) is 30.9 Å². The number of nitrogens with two attached hydrogens (primary N) is 1. The number of hydrogen-bond donors (Lipinski definition) is 2. The van der Waals surface area contributed by atoms with E-state index in [1.807, 2.05) is 17.5 Å². The maximum atomic E-state index is 5.85. The van der Waals surface area contributed by atoms with Gasteiger partial charge >= 0.3 is 0 Å². The predicted octanol–water partition coefficient (Wildman–Crippen LogP) is 3.03. The number of imidazole rings is 1. The Hall–Kier alpha value is -1.40. The monoisotopic (exact) mass is 294 g/mol. The lowest BCUT2D eigenvalue weighted by Crippen LogP contribution is -1.84. The summed E-state index contributed by atoms with van der Waals surface area (Å²) in [6.07, 6.45) is 1.73. The molecular weight excluding hydrogens is 288 g/mol. The van der Waals surface area contributed by atoms with E-state index < -0.39 is 0 Å². The molecule has 0 aromatic carbocycles. The molecule has 0 saturated heterocycles. The zero-order valence-electron chi connectivity index (χ0n) is 8.07. The van der Waals surface area contributed by atoms with Crippen LogP contribution in [-0.4, -0.2) is 15.0 Å². The van der Waals surface area contributed by atoms with Gasteiger partial charge in [-0.2, -0.15) is 0 Å². The van der Waals surface area contributed by atoms with Crippen molar-refractivity contribution in [2.75, 3.05) is 5.73 Å². The second-order valence-corrected chi connectivity index (χ2v) is 5.15. The number of aromatic nitrogens is 3. The average Bonchev–Trinajstić information content (AvgIpc) is 2.82. The summed E-state index contributed by atoms with van der Waals surface area (Å²) >= 11 is 4.94. The van der Waals surface area contributed by atoms with Gasteiger partial charge in [0.1, 0.15) is 0 Å². The van der Waals surface area contributed by atoms with E-state index >= 15 is 0 Å². The third kappa shape index (κ3) is 1.50. The first-order valence-electron chi connectivity index (χ1n) is 4.58. The molecule has 0 radical (unpaired) electrons. The van der Waals surface area contributed by atoms with Crippen molar-refractivity contribution >= 4 is 44.1 Å². The Labute approximate surface area is 104 Å². The van der Waals surface area contributed by atoms with Gasteiger partial charge in [0, 0.05) is 10.7 Å². The normalized spacial score (nSPS) is 11.1. The second kappa shape index (κ2) is 3.57. The van der Waals surface area contributed by atoms with Gasteiger partial charge in [-0.25, -0.2) is 9.97 Å². The van der Waals surface area contributed by atoms with E-state index in [4.69, 9.17) is 5.73 Å². The molecule has 0 bridgehead atoms. The molecule has 3 N–H and O–H groups in total. The molecule has 6 heteroatoms. The van der Waals surface area contributed by atoms with Crippen molar-refractivity contribution in [2.45, 2.75) is 0 Å². The van der Waals surface area contributed by atoms with Crippen molar-refractivity contribution in [3.05, 3.63) is 28.2 Å². The molecule has 16 heavy (non-hydrogen) atoms. The highest BCUT2D eigenvalue weighted by Gasteiger charge is 2.10. The fourth-order valence-electron chi connectivity index (χ4n) is 1.49. The lowest BCUT2D eigenvalue weighted by molar-refractivity contribution is 1.31. The topological polar surface area (TPSA) is 67.6 Å². The van der Waals surface area contributed by atoms with Crippen molar-refractivity contribution in [3.63, 3.8) is 0 Å². The molecule has 80 valence electrons. The largest absolute Gasteiger partial charge is 0.397 e. The Bertz CT molecular complexity index is 658. The van der Waals surface area contributed by atoms with E-state index in [-0.39, 0.29) is 0 Å². The van der Waals surface area contributed by atoms with Crippen molar-refractivity contribution in [1.82, 2.24) is 15.0 Å². The molecule has 4 nitrogen and oxygen atoms in total. The molecule has 3 heterocycles. The van der Waals surface area contributed by atoms with Crippen molar-refractivity contribution in [1.29, 1.82) is 0 Å². The minimum atomic E-state index is 0.700. The number of thiophene rings is 1. The first kappa shape index (κ1) is 9.80. The Morgan fingerprint density at radius 2 is 2.31 bits per heavy atom. The fraction of sp³-hybridized carbons (Fsp3) is 0. The molecule has 0 fully saturated rings. The number of halogens is 1. The van der Waals surface area contributed by atoms with Gasteiger partial charge in [-0.3, -0.25) is 0 Å². The van der Waals surface area contributed by atoms with Gasteiger partial charge in [-0.1, -0.05) is 0 Å². The Morgan fingerprint density at radius 3 is 3.06 bits per heavy atom. The molecule has 0 amide bonds. The van der Waals surface area contributed by atoms with Crippen molar-refractivity contribution < 1.29 is 0 Å². The van der Waals surface area contributed by atoms with Gasteiger partial charge in [0.15, 0.2) is 11.5 Å². The second-order valence-electron chi connectivity index (χ2n) is 3.32. The molecule has 0 aliphatic rings. The van der Waals surface area contributed by atoms with Crippen LogP contribution in [0.25, 0.3) is 21.9 Å². The highest BCUT2D eigenvalue weighted by Crippen LogP contribution is 2.30. The Kier molecular flexibility index (Phi) is 2.19. The minimum absolute atomic E-state index is 0.700. The van der Waals surface area contributed by atoms with Crippen LogP contribution >= 0.6 is 27.3 Å². The first-order chi connectivity index (χ1) is 7.74. The van der Waals surface area contributed by atoms with Crippen LogP contribution in [0.2, 0.25) is 0 Å². The standard InChI is InChI=1S/C10H7BrN4S/c11-5-3-7-9(13-4-5)15-10(14-7)8-6(12)1-2-16-8/h1-4H,12H2,(H,13,14,15). The zero-order valence-corrected chi connectivity index (χ0v) is 10.5. The van der Waals surface area contributed by atoms with E-state index in [1.54, 1.807) is 17.5 Å². The van der Waals surface area contributed by atoms with Gasteiger partial charge in [0.2, 0.25) is 0 Å². The average molecular weight is 295 g/mol. The maximum absolute atomic E-state index is 5.85. The van der Waals surface area contributed by atoms with Gasteiger partial charge in [0.25, 0.3) is 0 Å². The number of aromatic amines is 1. The highest BCUT2D eigenvalue weighted by molar-refractivity contribution is 9.10. The summed E-state index contributed by atoms with van der Waals surface area (Å²) in [6, 6.07) is 3.82. The van der Waals surface area contributed by atoms with Gasteiger partial charge in [-0.15, -0.1) is 11.3 Å². The number of fused-ring (bicyclic) bond motifs is 1. The molecular formula is C10H7BrN4S. The van der Waals surface area contributed by atoms with Crippen LogP contribution < -0.4 is 5.73 Å². The summed E-state index contributed by atoms with van der Waals surface area (Å²) in [5, 5.41) is 1.95. The number of pyridine rings is 1. The number of anilines is 1. The zero-order chi connectivity index (χ0) is 11.1. The van der Waals surface area contributed by atoms with Gasteiger partial charge < -0.3 is 10.7 Å². The van der Waals surface area contributed by atoms with Crippen LogP contribution in [0.15, 0.2) is 28.2 Å². The summed E-state index contributed by atoms with van der Waals surface area (Å²) in [7, 11) is 0. The van der Waals surface area contributed by atoms with Crippen LogP contribution in [0.5, 0.6) is 0 Å². The van der Waals surface area contributed by atoms with Crippen LogP contribution in [-0.2, 0) is 0 Å². The number of nitrogens with one attached hydrogen (secondary N) is 1. The number of nitrogen functional groups attached to an aromatic ring is 1. The summed E-state index contributed by atoms with van der Waals surface area (Å²) in [6.45, 7) is 0. The van der Waals surface area contributed by atoms with Crippen molar-refractivity contribution in [3.8, 4) is 10.7 Å². The van der Waals surface area contributed by atoms with E-state index in [9.17, 15) is 0 Å². The lowest BCUT2D eigenvalue weighted by atomic mass is 10.4. The molecule has 0 unspecified atom stereocenters. The SMILES string of the molecule is Nc1ccsc1-c1nc2ncc(Br)cc2[nH]1. The van der Waals surface area contributed by atoms with Crippen LogP contribution in [0.4, 0.5) is 5.69 Å². The van der Waals surface area contributed by atoms with E-state index in [0.29, 0.717) is 5.65 Å². The predicted molar refractivity (Wildman–Crippen MR) is 69.3 cm³/mol. The fourth-order valence-corrected chi connectivity index (χ4v) is 2.59. The van der Waals surface area contributed by atoms with Gasteiger partial charge in [-0.05, 0) is 33.4 Å². The lowest BCUT2D eigenvalue weighted by Gasteiger charge is -1.91. The molecule has 3 rings (SSSR count). The maximum Gasteiger partial charge on any atom is 0.178 e. The third-order valence-corrected chi connectivity index (χ3v) is 3.59. The third-order valence-electron chi connectivity index (χ3n) is 2.21. The number of H-pyrrole nitrogens is 1. The summed E-state index contributed by atoms with van der Waals surface area (Å²) in [5.41, 5.74) is 8.18. The Balaban J connectivity index is 2.23. The van der Waals surface area contributed by atoms with E-state index in [1.165, 1.54) is 0 Å². The number of rotatable bonds is 1. The quantitative estimate of drug-likeness (QED) is 0.725. The molecule has 0 atom stereocenters. The first-order valence-corrected chi connectivity index (χ1v) is 6.26. The molecule has 3 aromatic rings. The summed E-state index contributed by atoms with van der Waals surface area (Å²) in [5.74, 6) is 0.771. The molecule has 0 saturated carbocycles. The van der Waals surface area contributed by atoms with Gasteiger partial charge in [0.05, 0.1) is 16.1 Å². The summed E-state index contributed by atoms with van der Waals surface area (Å²) in [4.78, 5) is 12.8. The van der Waals surface area contributed by atoms with E-state index in [0.717, 1.165) is 26.4 Å². The molecule has 3 aromatic heterocycles. The summed E-state index contributed by atoms with van der Waals surface area (Å²) < 4.78 is 0.925. The van der Waals surface area contributed by atoms with Crippen molar-refractivity contribution in [2.24, 2.45) is 0 Å². The Morgan fingerprint density at radius 1 is 1.44 bits per heavy atom. The highest BCUT2D eigenvalue weighted by atomic mass is 79.9. The number of hydrogen-bond acceptors (Lipinski definition) is 4. The van der Waals surface area contributed by atoms with Crippen LogP contribution in [0, 0.1) is 0 Å². The van der Waals surface area contributed by atoms with Crippen LogP contribution in [0.1, 0.15) is 0 Å². The molecule has 0 aliphatic carbocycles.